The molecule has 0 aromatic rings. The van der Waals surface area contributed by atoms with Gasteiger partial charge in [-0.3, -0.25) is 0 Å². The summed E-state index contributed by atoms with van der Waals surface area (Å²) < 4.78 is 0. The van der Waals surface area contributed by atoms with Gasteiger partial charge in [0, 0.05) is 0 Å². The van der Waals surface area contributed by atoms with Crippen LogP contribution in [0.4, 0.5) is 0 Å². The summed E-state index contributed by atoms with van der Waals surface area (Å²) in [7, 11) is 0. The molecule has 0 aromatic carbocycles. The van der Waals surface area contributed by atoms with Gasteiger partial charge in [0.2, 0.25) is 0 Å². The van der Waals surface area contributed by atoms with Crippen molar-refractivity contribution < 1.29 is 0 Å². The molecule has 1 atom stereocenters. The van der Waals surface area contributed by atoms with Crippen molar-refractivity contribution in [2.75, 3.05) is 0 Å². The third kappa shape index (κ3) is 4.05. The van der Waals surface area contributed by atoms with Crippen LogP contribution in [0.1, 0.15) is 33.1 Å². The molecule has 1 heteroatoms. The van der Waals surface area contributed by atoms with Gasteiger partial charge in [0.1, 0.15) is 0 Å². The Balaban J connectivity index is 3.49. The van der Waals surface area contributed by atoms with Gasteiger partial charge in [-0.15, -0.1) is 6.42 Å². The minimum Gasteiger partial charge on any atom is -0.315 e. The third-order valence-corrected chi connectivity index (χ3v) is 1.38. The van der Waals surface area contributed by atoms with Crippen LogP contribution in [-0.4, -0.2) is 5.54 Å². The Morgan fingerprint density at radius 2 is 2.22 bits per heavy atom. The van der Waals surface area contributed by atoms with Crippen LogP contribution >= 0.6 is 0 Å². The van der Waals surface area contributed by atoms with Crippen LogP contribution in [0.25, 0.3) is 0 Å². The maximum absolute atomic E-state index is 5.67. The Hall–Kier alpha value is -0.480. The average molecular weight is 125 g/mol. The van der Waals surface area contributed by atoms with Gasteiger partial charge in [-0.05, 0) is 13.3 Å². The highest BCUT2D eigenvalue weighted by Crippen LogP contribution is 2.07. The molecule has 2 N–H and O–H groups in total. The number of rotatable bonds is 3. The van der Waals surface area contributed by atoms with Crippen molar-refractivity contribution in [2.24, 2.45) is 5.73 Å². The van der Waals surface area contributed by atoms with Gasteiger partial charge < -0.3 is 5.73 Å². The fourth-order valence-corrected chi connectivity index (χ4v) is 0.616. The van der Waals surface area contributed by atoms with Gasteiger partial charge in [-0.2, -0.15) is 0 Å². The number of unbranched alkanes of at least 4 members (excludes halogenated alkanes) is 1. The van der Waals surface area contributed by atoms with Crippen LogP contribution < -0.4 is 5.73 Å². The molecule has 0 saturated heterocycles. The first kappa shape index (κ1) is 8.52. The van der Waals surface area contributed by atoms with E-state index in [1.807, 2.05) is 6.92 Å². The van der Waals surface area contributed by atoms with Crippen molar-refractivity contribution in [1.29, 1.82) is 0 Å². The van der Waals surface area contributed by atoms with Crippen LogP contribution in [0.2, 0.25) is 0 Å². The highest BCUT2D eigenvalue weighted by molar-refractivity contribution is 5.07. The Morgan fingerprint density at radius 1 is 1.67 bits per heavy atom. The second kappa shape index (κ2) is 3.53. The summed E-state index contributed by atoms with van der Waals surface area (Å²) in [6, 6.07) is 0. The predicted molar refractivity (Wildman–Crippen MR) is 41.0 cm³/mol. The highest BCUT2D eigenvalue weighted by atomic mass is 14.7. The van der Waals surface area contributed by atoms with Crippen LogP contribution in [0, 0.1) is 12.3 Å². The molecule has 0 rings (SSSR count). The SMILES string of the molecule is C#C[C@@](C)(N)CCCC. The van der Waals surface area contributed by atoms with E-state index in [4.69, 9.17) is 12.2 Å². The van der Waals surface area contributed by atoms with E-state index in [9.17, 15) is 0 Å². The summed E-state index contributed by atoms with van der Waals surface area (Å²) in [6.07, 6.45) is 8.39. The fraction of sp³-hybridized carbons (Fsp3) is 0.750. The van der Waals surface area contributed by atoms with Crippen molar-refractivity contribution in [3.05, 3.63) is 0 Å². The molecular formula is C8H15N. The fourth-order valence-electron chi connectivity index (χ4n) is 0.616. The van der Waals surface area contributed by atoms with Gasteiger partial charge in [0.05, 0.1) is 5.54 Å². The average Bonchev–Trinajstić information content (AvgIpc) is 1.84. The first-order valence-electron chi connectivity index (χ1n) is 3.39. The molecule has 52 valence electrons. The number of hydrogen-bond acceptors (Lipinski definition) is 1. The van der Waals surface area contributed by atoms with E-state index < -0.39 is 0 Å². The van der Waals surface area contributed by atoms with Crippen LogP contribution in [0.15, 0.2) is 0 Å². The largest absolute Gasteiger partial charge is 0.315 e. The summed E-state index contributed by atoms with van der Waals surface area (Å²) in [5, 5.41) is 0. The van der Waals surface area contributed by atoms with E-state index in [0.29, 0.717) is 0 Å². The molecule has 0 spiro atoms. The number of hydrogen-bond donors (Lipinski definition) is 1. The van der Waals surface area contributed by atoms with Crippen LogP contribution in [0.5, 0.6) is 0 Å². The highest BCUT2D eigenvalue weighted by Gasteiger charge is 2.11. The zero-order valence-corrected chi connectivity index (χ0v) is 6.28. The van der Waals surface area contributed by atoms with Gasteiger partial charge >= 0.3 is 0 Å². The van der Waals surface area contributed by atoms with Crippen molar-refractivity contribution in [2.45, 2.75) is 38.6 Å². The Bertz CT molecular complexity index is 108. The molecule has 1 nitrogen and oxygen atoms in total. The minimum absolute atomic E-state index is 0.379. The molecule has 0 radical (unpaired) electrons. The maximum atomic E-state index is 5.67. The van der Waals surface area contributed by atoms with Crippen molar-refractivity contribution >= 4 is 0 Å². The Morgan fingerprint density at radius 3 is 2.56 bits per heavy atom. The monoisotopic (exact) mass is 125 g/mol. The first-order valence-corrected chi connectivity index (χ1v) is 3.39. The Kier molecular flexibility index (Phi) is 3.34. The van der Waals surface area contributed by atoms with Crippen LogP contribution in [-0.2, 0) is 0 Å². The molecule has 0 aliphatic rings. The van der Waals surface area contributed by atoms with E-state index in [0.717, 1.165) is 19.3 Å². The molecule has 0 aliphatic carbocycles. The van der Waals surface area contributed by atoms with E-state index in [1.165, 1.54) is 0 Å². The lowest BCUT2D eigenvalue weighted by atomic mass is 9.98. The van der Waals surface area contributed by atoms with Crippen molar-refractivity contribution in [1.82, 2.24) is 0 Å². The summed E-state index contributed by atoms with van der Waals surface area (Å²) in [6.45, 7) is 4.02. The topological polar surface area (TPSA) is 26.0 Å². The van der Waals surface area contributed by atoms with Gasteiger partial charge in [-0.1, -0.05) is 25.7 Å². The smallest absolute Gasteiger partial charge is 0.0744 e. The molecule has 0 heterocycles. The molecule has 0 unspecified atom stereocenters. The molecule has 0 saturated carbocycles. The van der Waals surface area contributed by atoms with E-state index >= 15 is 0 Å². The van der Waals surface area contributed by atoms with Gasteiger partial charge in [-0.25, -0.2) is 0 Å². The van der Waals surface area contributed by atoms with Gasteiger partial charge in [0.15, 0.2) is 0 Å². The van der Waals surface area contributed by atoms with Crippen LogP contribution in [0.3, 0.4) is 0 Å². The second-order valence-electron chi connectivity index (χ2n) is 2.67. The van der Waals surface area contributed by atoms with Gasteiger partial charge in [0.25, 0.3) is 0 Å². The van der Waals surface area contributed by atoms with E-state index in [2.05, 4.69) is 12.8 Å². The normalized spacial score (nSPS) is 16.2. The van der Waals surface area contributed by atoms with E-state index in [1.54, 1.807) is 0 Å². The lowest BCUT2D eigenvalue weighted by Crippen LogP contribution is -2.33. The quantitative estimate of drug-likeness (QED) is 0.569. The first-order chi connectivity index (χ1) is 4.12. The summed E-state index contributed by atoms with van der Waals surface area (Å²) in [5.74, 6) is 2.55. The van der Waals surface area contributed by atoms with Crippen molar-refractivity contribution in [3.63, 3.8) is 0 Å². The minimum atomic E-state index is -0.379. The molecule has 0 bridgehead atoms. The summed E-state index contributed by atoms with van der Waals surface area (Å²) in [5.41, 5.74) is 5.29. The zero-order chi connectivity index (χ0) is 7.33. The molecule has 9 heavy (non-hydrogen) atoms. The molecular weight excluding hydrogens is 110 g/mol. The molecule has 0 amide bonds. The lowest BCUT2D eigenvalue weighted by molar-refractivity contribution is 0.523. The predicted octanol–water partition coefficient (Wildman–Crippen LogP) is 1.53. The summed E-state index contributed by atoms with van der Waals surface area (Å²) >= 11 is 0. The molecule has 0 fully saturated rings. The molecule has 0 aliphatic heterocycles. The summed E-state index contributed by atoms with van der Waals surface area (Å²) in [4.78, 5) is 0. The Labute approximate surface area is 57.6 Å². The second-order valence-corrected chi connectivity index (χ2v) is 2.67. The number of nitrogens with two attached hydrogens (primary N) is 1. The lowest BCUT2D eigenvalue weighted by Gasteiger charge is -2.15. The van der Waals surface area contributed by atoms with Crippen molar-refractivity contribution in [3.8, 4) is 12.3 Å². The third-order valence-electron chi connectivity index (χ3n) is 1.38. The molecule has 0 aromatic heterocycles. The van der Waals surface area contributed by atoms with E-state index in [-0.39, 0.29) is 5.54 Å². The number of terminal acetylenes is 1. The maximum Gasteiger partial charge on any atom is 0.0744 e. The standard InChI is InChI=1S/C8H15N/c1-4-6-7-8(3,9)5-2/h2H,4,6-7,9H2,1,3H3/t8-/m1/s1. The zero-order valence-electron chi connectivity index (χ0n) is 6.28.